The van der Waals surface area contributed by atoms with Crippen molar-refractivity contribution >= 4 is 23.6 Å². The number of hydrogen-bond donors (Lipinski definition) is 5. The maximum atomic E-state index is 9.82. The van der Waals surface area contributed by atoms with Crippen LogP contribution in [0.3, 0.4) is 0 Å². The molecule has 0 aromatic carbocycles. The molecule has 9 N–H and O–H groups in total. The Balaban J connectivity index is -0.0000000829. The number of halogens is 1. The third kappa shape index (κ3) is 150. The smallest absolute Gasteiger partial charge is 0.217 e. The minimum Gasteiger partial charge on any atom is -0.370 e. The molecule has 0 spiro atoms. The number of primary amides is 4. The van der Waals surface area contributed by atoms with Crippen molar-refractivity contribution in [3.05, 3.63) is 0 Å². The second-order valence-electron chi connectivity index (χ2n) is 5.26. The molecule has 4 amide bonds. The predicted molar refractivity (Wildman–Crippen MR) is 98.6 cm³/mol. The van der Waals surface area contributed by atoms with Gasteiger partial charge < -0.3 is 22.9 Å². The Morgan fingerprint density at radius 3 is 0.690 bits per heavy atom. The fourth-order valence-corrected chi connectivity index (χ4v) is 0.986. The average Bonchev–Trinajstić information content (AvgIpc) is 2.46. The van der Waals surface area contributed by atoms with E-state index in [2.05, 4.69) is 0 Å². The summed E-state index contributed by atoms with van der Waals surface area (Å²) in [6.45, 7) is 7.69. The summed E-state index contributed by atoms with van der Waals surface area (Å²) in [5, 5.41) is 0. The highest BCUT2D eigenvalue weighted by Gasteiger charge is 1.98. The van der Waals surface area contributed by atoms with Gasteiger partial charge in [-0.05, 0) is 25.7 Å². The lowest BCUT2D eigenvalue weighted by Crippen LogP contribution is -2.58. The number of hydrogen-bond acceptors (Lipinski definition) is 8. The van der Waals surface area contributed by atoms with Crippen LogP contribution < -0.4 is 36.9 Å². The van der Waals surface area contributed by atoms with Crippen molar-refractivity contribution in [1.29, 1.82) is 0 Å². The van der Waals surface area contributed by atoms with Crippen LogP contribution in [0.5, 0.6) is 0 Å². The van der Waals surface area contributed by atoms with E-state index in [-0.39, 0.29) is 23.6 Å². The summed E-state index contributed by atoms with van der Waals surface area (Å²) in [7, 11) is -4.69. The lowest BCUT2D eigenvalue weighted by atomic mass is 10.3. The van der Waals surface area contributed by atoms with Gasteiger partial charge in [0.25, 0.3) is 0 Å². The molecule has 0 fully saturated rings. The van der Waals surface area contributed by atoms with Crippen molar-refractivity contribution in [1.82, 2.24) is 0 Å². The van der Waals surface area contributed by atoms with Gasteiger partial charge >= 0.3 is 0 Å². The summed E-state index contributed by atoms with van der Waals surface area (Å²) < 4.78 is 32.7. The van der Waals surface area contributed by atoms with Gasteiger partial charge in [0.2, 0.25) is 23.6 Å². The first-order valence-corrected chi connectivity index (χ1v) is 10.1. The van der Waals surface area contributed by atoms with Gasteiger partial charge in [0.05, 0.1) is 14.9 Å². The van der Waals surface area contributed by atoms with E-state index in [1.54, 1.807) is 0 Å². The standard InChI is InChI=1S/4C4H9NO.ClHO4/c4*1-2-3-4(5)6;2-1(3,4)5/h4*2-3H2,1H3,(H2,5,6);(H,2,3,4,5). The molecule has 13 heteroatoms. The van der Waals surface area contributed by atoms with Gasteiger partial charge in [0.15, 0.2) is 0 Å². The molecule has 0 atom stereocenters. The number of amides is 4. The van der Waals surface area contributed by atoms with Crippen LogP contribution in [-0.2, 0) is 19.2 Å². The predicted octanol–water partition coefficient (Wildman–Crippen LogP) is -3.04. The van der Waals surface area contributed by atoms with Crippen LogP contribution in [0, 0.1) is 10.2 Å². The SMILES string of the molecule is CCCC(N)=O.CCCC(N)=O.CCCC(N)=O.CCCC(N)=O.[O-][Cl+3]([O-])([O-])O. The number of carbonyl (C=O) groups is 4. The highest BCUT2D eigenvalue weighted by molar-refractivity contribution is 5.74. The van der Waals surface area contributed by atoms with E-state index >= 15 is 0 Å². The summed E-state index contributed by atoms with van der Waals surface area (Å²) in [5.74, 6) is -0.843. The Morgan fingerprint density at radius 2 is 0.690 bits per heavy atom. The molecule has 29 heavy (non-hydrogen) atoms. The molecule has 0 bridgehead atoms. The molecule has 12 nitrogen and oxygen atoms in total. The largest absolute Gasteiger partial charge is 0.370 e. The Bertz CT molecular complexity index is 348. The van der Waals surface area contributed by atoms with E-state index in [0.29, 0.717) is 25.7 Å². The van der Waals surface area contributed by atoms with Crippen molar-refractivity contribution in [3.63, 3.8) is 0 Å². The van der Waals surface area contributed by atoms with E-state index in [1.807, 2.05) is 27.7 Å². The Morgan fingerprint density at radius 1 is 0.586 bits per heavy atom. The van der Waals surface area contributed by atoms with E-state index in [4.69, 9.17) is 41.6 Å². The molecule has 0 aliphatic rings. The molecular formula is C16H37ClN4O8. The summed E-state index contributed by atoms with van der Waals surface area (Å²) in [6.07, 6.45) is 5.48. The Kier molecular flexibility index (Phi) is 36.7. The van der Waals surface area contributed by atoms with Gasteiger partial charge in [-0.1, -0.05) is 27.7 Å². The summed E-state index contributed by atoms with van der Waals surface area (Å²) in [4.78, 5) is 39.3. The van der Waals surface area contributed by atoms with E-state index < -0.39 is 10.2 Å². The molecule has 0 saturated carbocycles. The summed E-state index contributed by atoms with van der Waals surface area (Å²) in [5.41, 5.74) is 19.1. The van der Waals surface area contributed by atoms with E-state index in [0.717, 1.165) is 25.7 Å². The molecule has 0 saturated heterocycles. The summed E-state index contributed by atoms with van der Waals surface area (Å²) in [6, 6.07) is 0. The highest BCUT2D eigenvalue weighted by Crippen LogP contribution is 1.81. The lowest BCUT2D eigenvalue weighted by molar-refractivity contribution is -1.92. The topological polar surface area (TPSA) is 262 Å². The minimum absolute atomic E-state index is 0.211. The fraction of sp³-hybridized carbons (Fsp3) is 0.750. The lowest BCUT2D eigenvalue weighted by Gasteiger charge is -2.03. The average molecular weight is 449 g/mol. The third-order valence-electron chi connectivity index (χ3n) is 1.99. The quantitative estimate of drug-likeness (QED) is 0.254. The second kappa shape index (κ2) is 28.2. The zero-order valence-electron chi connectivity index (χ0n) is 17.6. The van der Waals surface area contributed by atoms with Gasteiger partial charge in [-0.25, -0.2) is 0 Å². The van der Waals surface area contributed by atoms with Crippen molar-refractivity contribution in [3.8, 4) is 0 Å². The van der Waals surface area contributed by atoms with Crippen LogP contribution in [0.4, 0.5) is 0 Å². The van der Waals surface area contributed by atoms with Gasteiger partial charge in [0, 0.05) is 25.7 Å². The third-order valence-corrected chi connectivity index (χ3v) is 1.99. The van der Waals surface area contributed by atoms with Gasteiger partial charge in [-0.2, -0.15) is 14.0 Å². The molecule has 176 valence electrons. The van der Waals surface area contributed by atoms with E-state index in [9.17, 15) is 19.2 Å². The maximum absolute atomic E-state index is 9.82. The van der Waals surface area contributed by atoms with E-state index in [1.165, 1.54) is 0 Å². The van der Waals surface area contributed by atoms with Crippen LogP contribution in [0.25, 0.3) is 0 Å². The fourth-order valence-electron chi connectivity index (χ4n) is 0.986. The molecule has 0 radical (unpaired) electrons. The number of rotatable bonds is 8. The van der Waals surface area contributed by atoms with Gasteiger partial charge in [-0.15, -0.1) is 0 Å². The molecule has 0 aromatic rings. The van der Waals surface area contributed by atoms with Crippen LogP contribution in [0.1, 0.15) is 79.1 Å². The van der Waals surface area contributed by atoms with Crippen molar-refractivity contribution in [2.24, 2.45) is 22.9 Å². The first kappa shape index (κ1) is 37.7. The molecule has 0 unspecified atom stereocenters. The van der Waals surface area contributed by atoms with Crippen molar-refractivity contribution < 1.29 is 48.1 Å². The maximum Gasteiger partial charge on any atom is 0.217 e. The van der Waals surface area contributed by atoms with Crippen LogP contribution >= 0.6 is 0 Å². The van der Waals surface area contributed by atoms with Crippen molar-refractivity contribution in [2.45, 2.75) is 79.1 Å². The minimum atomic E-state index is -4.69. The van der Waals surface area contributed by atoms with Crippen LogP contribution in [0.2, 0.25) is 0 Å². The zero-order chi connectivity index (χ0) is 24.5. The monoisotopic (exact) mass is 448 g/mol. The number of carbonyl (C=O) groups excluding carboxylic acids is 4. The van der Waals surface area contributed by atoms with Crippen LogP contribution in [0.15, 0.2) is 0 Å². The van der Waals surface area contributed by atoms with Gasteiger partial charge in [-0.3, -0.25) is 19.2 Å². The molecule has 0 aromatic heterocycles. The zero-order valence-corrected chi connectivity index (χ0v) is 18.4. The molecule has 0 rings (SSSR count). The first-order valence-electron chi connectivity index (χ1n) is 8.85. The normalized spacial score (nSPS) is 8.83. The molecule has 0 aliphatic carbocycles. The van der Waals surface area contributed by atoms with Crippen molar-refractivity contribution in [2.75, 3.05) is 0 Å². The molecule has 0 heterocycles. The molecule has 0 aliphatic heterocycles. The Hall–Kier alpha value is -1.99. The summed E-state index contributed by atoms with van der Waals surface area (Å²) >= 11 is 0. The molecular weight excluding hydrogens is 412 g/mol. The number of nitrogens with two attached hydrogens (primary N) is 4. The highest BCUT2D eigenvalue weighted by atomic mass is 35.7. The first-order chi connectivity index (χ1) is 13.1. The Labute approximate surface area is 174 Å². The second-order valence-corrected chi connectivity index (χ2v) is 6.05. The van der Waals surface area contributed by atoms with Gasteiger partial charge in [0.1, 0.15) is 0 Å². The van der Waals surface area contributed by atoms with Crippen LogP contribution in [-0.4, -0.2) is 28.3 Å².